The summed E-state index contributed by atoms with van der Waals surface area (Å²) in [6.45, 7) is 0. The quantitative estimate of drug-likeness (QED) is 0.383. The maximum absolute atomic E-state index is 11.6. The number of rotatable bonds is 2. The van der Waals surface area contributed by atoms with E-state index in [1.807, 2.05) is 0 Å². The van der Waals surface area contributed by atoms with Crippen molar-refractivity contribution in [3.05, 3.63) is 11.0 Å². The second-order valence-electron chi connectivity index (χ2n) is 1.01. The van der Waals surface area contributed by atoms with Crippen molar-refractivity contribution >= 4 is 11.6 Å². The van der Waals surface area contributed by atoms with Crippen LogP contribution in [0.2, 0.25) is 0 Å². The molecule has 0 atom stereocenters. The van der Waals surface area contributed by atoms with Crippen LogP contribution in [0, 0.1) is 0 Å². The van der Waals surface area contributed by atoms with Gasteiger partial charge < -0.3 is 4.89 Å². The van der Waals surface area contributed by atoms with Gasteiger partial charge in [-0.15, -0.1) is 0 Å². The van der Waals surface area contributed by atoms with Crippen molar-refractivity contribution in [3.8, 4) is 0 Å². The van der Waals surface area contributed by atoms with Crippen molar-refractivity contribution in [1.82, 2.24) is 0 Å². The van der Waals surface area contributed by atoms with Crippen LogP contribution in [0.3, 0.4) is 0 Å². The van der Waals surface area contributed by atoms with E-state index in [9.17, 15) is 13.2 Å². The third kappa shape index (κ3) is 2.57. The lowest BCUT2D eigenvalue weighted by molar-refractivity contribution is -0.196. The van der Waals surface area contributed by atoms with Gasteiger partial charge in [-0.3, -0.25) is 0 Å². The van der Waals surface area contributed by atoms with Gasteiger partial charge in [-0.1, -0.05) is 0 Å². The molecule has 9 heavy (non-hydrogen) atoms. The van der Waals surface area contributed by atoms with E-state index >= 15 is 0 Å². The standard InChI is InChI=1S/C3H2ClF3O2/c4-2(9-8)1(5)3(6)7/h3,8H. The molecular weight excluding hydrogens is 160 g/mol. The highest BCUT2D eigenvalue weighted by molar-refractivity contribution is 6.28. The third-order valence-corrected chi connectivity index (χ3v) is 0.709. The van der Waals surface area contributed by atoms with Gasteiger partial charge in [0.1, 0.15) is 0 Å². The first-order valence-electron chi connectivity index (χ1n) is 1.74. The lowest BCUT2D eigenvalue weighted by atomic mass is 10.6. The molecule has 0 bridgehead atoms. The first-order chi connectivity index (χ1) is 4.09. The van der Waals surface area contributed by atoms with Gasteiger partial charge >= 0.3 is 0 Å². The van der Waals surface area contributed by atoms with Crippen LogP contribution in [-0.2, 0) is 4.89 Å². The molecule has 0 saturated heterocycles. The first kappa shape index (κ1) is 8.58. The zero-order chi connectivity index (χ0) is 7.44. The van der Waals surface area contributed by atoms with Crippen LogP contribution in [0.5, 0.6) is 0 Å². The summed E-state index contributed by atoms with van der Waals surface area (Å²) in [4.78, 5) is 2.96. The largest absolute Gasteiger partial charge is 0.325 e. The van der Waals surface area contributed by atoms with Gasteiger partial charge in [-0.25, -0.2) is 18.4 Å². The molecule has 2 nitrogen and oxygen atoms in total. The summed E-state index contributed by atoms with van der Waals surface area (Å²) in [6, 6.07) is 0. The second kappa shape index (κ2) is 3.58. The van der Waals surface area contributed by atoms with E-state index in [0.29, 0.717) is 0 Å². The molecule has 0 aromatic carbocycles. The van der Waals surface area contributed by atoms with Crippen molar-refractivity contribution in [2.45, 2.75) is 6.43 Å². The molecule has 0 aliphatic rings. The molecule has 0 fully saturated rings. The van der Waals surface area contributed by atoms with Crippen molar-refractivity contribution in [3.63, 3.8) is 0 Å². The molecule has 0 radical (unpaired) electrons. The molecule has 1 N–H and O–H groups in total. The van der Waals surface area contributed by atoms with Crippen LogP contribution >= 0.6 is 11.6 Å². The Hall–Kier alpha value is -0.420. The minimum absolute atomic E-state index is 1.34. The Bertz CT molecular complexity index is 124. The predicted octanol–water partition coefficient (Wildman–Crippen LogP) is 2.12. The average molecular weight is 162 g/mol. The molecule has 0 aromatic heterocycles. The molecule has 0 aromatic rings. The van der Waals surface area contributed by atoms with Gasteiger partial charge in [0, 0.05) is 0 Å². The normalized spacial score (nSPS) is 13.6. The Balaban J connectivity index is 4.10. The lowest BCUT2D eigenvalue weighted by Gasteiger charge is -1.94. The molecule has 0 aliphatic carbocycles. The fourth-order valence-electron chi connectivity index (χ4n) is 0.129. The Morgan fingerprint density at radius 2 is 2.00 bits per heavy atom. The van der Waals surface area contributed by atoms with Gasteiger partial charge in [0.05, 0.1) is 0 Å². The summed E-state index contributed by atoms with van der Waals surface area (Å²) in [6.07, 6.45) is -3.36. The summed E-state index contributed by atoms with van der Waals surface area (Å²) in [7, 11) is 0. The van der Waals surface area contributed by atoms with Crippen LogP contribution in [-0.4, -0.2) is 11.7 Å². The van der Waals surface area contributed by atoms with E-state index < -0.39 is 17.5 Å². The van der Waals surface area contributed by atoms with Crippen LogP contribution in [0.15, 0.2) is 11.0 Å². The molecule has 0 heterocycles. The average Bonchev–Trinajstić information content (AvgIpc) is 1.84. The summed E-state index contributed by atoms with van der Waals surface area (Å²) in [5.74, 6) is -1.99. The van der Waals surface area contributed by atoms with Crippen LogP contribution < -0.4 is 0 Å². The van der Waals surface area contributed by atoms with Crippen molar-refractivity contribution in [2.24, 2.45) is 0 Å². The highest BCUT2D eigenvalue weighted by Crippen LogP contribution is 2.17. The van der Waals surface area contributed by atoms with E-state index in [1.54, 1.807) is 0 Å². The van der Waals surface area contributed by atoms with Crippen LogP contribution in [0.25, 0.3) is 0 Å². The number of hydrogen-bond donors (Lipinski definition) is 1. The molecular formula is C3H2ClF3O2. The highest BCUT2D eigenvalue weighted by atomic mass is 35.5. The molecule has 0 unspecified atom stereocenters. The molecule has 0 amide bonds. The third-order valence-electron chi connectivity index (χ3n) is 0.460. The molecule has 0 rings (SSSR count). The number of allylic oxidation sites excluding steroid dienone is 1. The Kier molecular flexibility index (Phi) is 3.41. The van der Waals surface area contributed by atoms with Gasteiger partial charge in [0.25, 0.3) is 11.6 Å². The van der Waals surface area contributed by atoms with E-state index in [2.05, 4.69) is 16.5 Å². The minimum atomic E-state index is -3.36. The summed E-state index contributed by atoms with van der Waals surface area (Å²) in [5.41, 5.74) is 0. The zero-order valence-corrected chi connectivity index (χ0v) is 4.70. The van der Waals surface area contributed by atoms with Crippen molar-refractivity contribution < 1.29 is 23.3 Å². The number of alkyl halides is 2. The van der Waals surface area contributed by atoms with Gasteiger partial charge in [-0.05, 0) is 11.6 Å². The summed E-state index contributed by atoms with van der Waals surface area (Å²) >= 11 is 4.56. The topological polar surface area (TPSA) is 29.5 Å². The van der Waals surface area contributed by atoms with E-state index in [-0.39, 0.29) is 0 Å². The summed E-state index contributed by atoms with van der Waals surface area (Å²) < 4.78 is 33.9. The van der Waals surface area contributed by atoms with Gasteiger partial charge in [0.15, 0.2) is 0 Å². The van der Waals surface area contributed by atoms with Crippen LogP contribution in [0.1, 0.15) is 0 Å². The lowest BCUT2D eigenvalue weighted by Crippen LogP contribution is -1.94. The van der Waals surface area contributed by atoms with Gasteiger partial charge in [0.2, 0.25) is 5.83 Å². The fourth-order valence-corrected chi connectivity index (χ4v) is 0.212. The molecule has 0 saturated carbocycles. The summed E-state index contributed by atoms with van der Waals surface area (Å²) in [5, 5.41) is 6.15. The van der Waals surface area contributed by atoms with Gasteiger partial charge in [-0.2, -0.15) is 0 Å². The Morgan fingerprint density at radius 3 is 2.11 bits per heavy atom. The maximum Gasteiger partial charge on any atom is 0.294 e. The van der Waals surface area contributed by atoms with Crippen LogP contribution in [0.4, 0.5) is 13.2 Å². The Morgan fingerprint density at radius 1 is 1.56 bits per heavy atom. The van der Waals surface area contributed by atoms with Crippen molar-refractivity contribution in [1.29, 1.82) is 0 Å². The molecule has 6 heteroatoms. The molecule has 0 aliphatic heterocycles. The molecule has 0 spiro atoms. The highest BCUT2D eigenvalue weighted by Gasteiger charge is 2.16. The molecule has 54 valence electrons. The van der Waals surface area contributed by atoms with Crippen molar-refractivity contribution in [2.75, 3.05) is 0 Å². The second-order valence-corrected chi connectivity index (χ2v) is 1.36. The van der Waals surface area contributed by atoms with E-state index in [0.717, 1.165) is 0 Å². The number of hydrogen-bond acceptors (Lipinski definition) is 2. The Labute approximate surface area is 53.4 Å². The smallest absolute Gasteiger partial charge is 0.294 e. The maximum atomic E-state index is 11.6. The van der Waals surface area contributed by atoms with E-state index in [4.69, 9.17) is 5.26 Å². The van der Waals surface area contributed by atoms with E-state index in [1.165, 1.54) is 0 Å². The monoisotopic (exact) mass is 162 g/mol. The predicted molar refractivity (Wildman–Crippen MR) is 23.7 cm³/mol. The fraction of sp³-hybridized carbons (Fsp3) is 0.333. The number of halogens is 4. The SMILES string of the molecule is OOC(Cl)=C(F)C(F)F. The minimum Gasteiger partial charge on any atom is -0.325 e. The first-order valence-corrected chi connectivity index (χ1v) is 2.12. The zero-order valence-electron chi connectivity index (χ0n) is 3.94.